The van der Waals surface area contributed by atoms with Crippen molar-refractivity contribution in [1.29, 1.82) is 0 Å². The molecule has 40 heavy (non-hydrogen) atoms. The maximum Gasteiger partial charge on any atom is 0.416 e. The number of carbonyl (C=O) groups excluding carboxylic acids is 1. The molecule has 3 aromatic heterocycles. The molecule has 0 aliphatic rings. The number of nitrogens with zero attached hydrogens (tertiary/aromatic N) is 4. The molecule has 0 saturated heterocycles. The SMILES string of the molecule is CC(=O)Nc1nc2c(Oc3cc(-c4ccc(C(F)(F)F)cc4)nc(Nc4nc5ccccc5[nH]4)n3)cccc2s1. The highest BCUT2D eigenvalue weighted by Gasteiger charge is 2.30. The maximum absolute atomic E-state index is 13.1. The van der Waals surface area contributed by atoms with Crippen molar-refractivity contribution < 1.29 is 22.7 Å². The number of thiazole rings is 1. The number of hydrogen-bond donors (Lipinski definition) is 3. The zero-order valence-electron chi connectivity index (χ0n) is 20.6. The molecule has 0 aliphatic carbocycles. The topological polar surface area (TPSA) is 118 Å². The summed E-state index contributed by atoms with van der Waals surface area (Å²) < 4.78 is 46.3. The lowest BCUT2D eigenvalue weighted by atomic mass is 10.1. The first-order valence-electron chi connectivity index (χ1n) is 11.8. The van der Waals surface area contributed by atoms with E-state index in [0.29, 0.717) is 33.6 Å². The fourth-order valence-electron chi connectivity index (χ4n) is 3.95. The number of imidazole rings is 1. The Bertz CT molecular complexity index is 1830. The number of aromatic nitrogens is 5. The second-order valence-corrected chi connectivity index (χ2v) is 9.65. The molecule has 0 bridgehead atoms. The number of halogens is 3. The van der Waals surface area contributed by atoms with Crippen LogP contribution < -0.4 is 15.4 Å². The summed E-state index contributed by atoms with van der Waals surface area (Å²) in [4.78, 5) is 32.5. The molecule has 0 aliphatic heterocycles. The number of amides is 1. The van der Waals surface area contributed by atoms with Crippen LogP contribution in [-0.2, 0) is 11.0 Å². The molecule has 0 radical (unpaired) electrons. The summed E-state index contributed by atoms with van der Waals surface area (Å²) in [5.74, 6) is 0.719. The second kappa shape index (κ2) is 9.93. The highest BCUT2D eigenvalue weighted by Crippen LogP contribution is 2.36. The predicted molar refractivity (Wildman–Crippen MR) is 146 cm³/mol. The molecule has 0 unspecified atom stereocenters. The number of hydrogen-bond acceptors (Lipinski definition) is 8. The summed E-state index contributed by atoms with van der Waals surface area (Å²) in [5.41, 5.74) is 2.01. The van der Waals surface area contributed by atoms with Crippen LogP contribution in [0.4, 0.5) is 30.2 Å². The van der Waals surface area contributed by atoms with E-state index in [2.05, 4.69) is 35.6 Å². The monoisotopic (exact) mass is 561 g/mol. The highest BCUT2D eigenvalue weighted by atomic mass is 32.1. The summed E-state index contributed by atoms with van der Waals surface area (Å²) in [5, 5.41) is 6.10. The number of para-hydroxylation sites is 3. The van der Waals surface area contributed by atoms with Crippen molar-refractivity contribution >= 4 is 55.5 Å². The lowest BCUT2D eigenvalue weighted by Gasteiger charge is -2.11. The summed E-state index contributed by atoms with van der Waals surface area (Å²) in [7, 11) is 0. The molecule has 6 aromatic rings. The second-order valence-electron chi connectivity index (χ2n) is 8.62. The van der Waals surface area contributed by atoms with Gasteiger partial charge in [-0.3, -0.25) is 10.1 Å². The van der Waals surface area contributed by atoms with Crippen LogP contribution >= 0.6 is 11.3 Å². The molecular formula is C27H18F3N7O2S. The average molecular weight is 562 g/mol. The fourth-order valence-corrected chi connectivity index (χ4v) is 4.88. The molecule has 0 spiro atoms. The van der Waals surface area contributed by atoms with Crippen LogP contribution in [0.25, 0.3) is 32.5 Å². The minimum atomic E-state index is -4.46. The molecule has 6 rings (SSSR count). The number of ether oxygens (including phenoxy) is 1. The van der Waals surface area contributed by atoms with Gasteiger partial charge < -0.3 is 15.0 Å². The van der Waals surface area contributed by atoms with E-state index in [1.54, 1.807) is 12.1 Å². The van der Waals surface area contributed by atoms with Crippen LogP contribution in [0.1, 0.15) is 12.5 Å². The first-order valence-corrected chi connectivity index (χ1v) is 12.7. The molecule has 3 aromatic carbocycles. The molecule has 9 nitrogen and oxygen atoms in total. The van der Waals surface area contributed by atoms with Gasteiger partial charge in [0, 0.05) is 18.6 Å². The molecule has 0 fully saturated rings. The Hall–Kier alpha value is -5.04. The van der Waals surface area contributed by atoms with Gasteiger partial charge in [0.25, 0.3) is 0 Å². The van der Waals surface area contributed by atoms with Crippen molar-refractivity contribution in [2.24, 2.45) is 0 Å². The Balaban J connectivity index is 1.39. The Morgan fingerprint density at radius 2 is 1.75 bits per heavy atom. The molecule has 200 valence electrons. The first kappa shape index (κ1) is 25.2. The van der Waals surface area contributed by atoms with Crippen molar-refractivity contribution in [1.82, 2.24) is 24.9 Å². The van der Waals surface area contributed by atoms with Gasteiger partial charge in [-0.15, -0.1) is 0 Å². The third-order valence-corrected chi connectivity index (χ3v) is 6.65. The maximum atomic E-state index is 13.1. The minimum Gasteiger partial charge on any atom is -0.437 e. The number of rotatable bonds is 6. The average Bonchev–Trinajstić information content (AvgIpc) is 3.51. The van der Waals surface area contributed by atoms with Crippen LogP contribution in [0.2, 0.25) is 0 Å². The van der Waals surface area contributed by atoms with Crippen LogP contribution in [0.3, 0.4) is 0 Å². The fraction of sp³-hybridized carbons (Fsp3) is 0.0741. The molecule has 3 N–H and O–H groups in total. The summed E-state index contributed by atoms with van der Waals surface area (Å²) in [6.45, 7) is 1.39. The van der Waals surface area contributed by atoms with Crippen molar-refractivity contribution in [2.75, 3.05) is 10.6 Å². The van der Waals surface area contributed by atoms with Crippen molar-refractivity contribution in [2.45, 2.75) is 13.1 Å². The van der Waals surface area contributed by atoms with Crippen LogP contribution in [0, 0.1) is 0 Å². The standard InChI is InChI=1S/C27H18F3N7O2S/c1-14(38)31-26-36-23-20(7-4-8-21(23)40-26)39-22-13-19(15-9-11-16(12-10-15)27(28,29)30)34-25(35-22)37-24-32-17-5-2-3-6-18(17)33-24/h2-13H,1H3,(H,31,36,38)(H2,32,33,34,35,37). The number of H-pyrrole nitrogens is 1. The van der Waals surface area contributed by atoms with E-state index in [4.69, 9.17) is 4.74 Å². The third kappa shape index (κ3) is 5.27. The summed E-state index contributed by atoms with van der Waals surface area (Å²) in [6.07, 6.45) is -4.46. The van der Waals surface area contributed by atoms with Gasteiger partial charge in [-0.2, -0.15) is 18.2 Å². The summed E-state index contributed by atoms with van der Waals surface area (Å²) >= 11 is 1.29. The van der Waals surface area contributed by atoms with Crippen molar-refractivity contribution in [3.63, 3.8) is 0 Å². The number of fused-ring (bicyclic) bond motifs is 2. The summed E-state index contributed by atoms with van der Waals surface area (Å²) in [6, 6.07) is 18.9. The lowest BCUT2D eigenvalue weighted by Crippen LogP contribution is -2.05. The van der Waals surface area contributed by atoms with Gasteiger partial charge in [0.05, 0.1) is 27.0 Å². The van der Waals surface area contributed by atoms with Crippen molar-refractivity contribution in [3.05, 3.63) is 78.4 Å². The number of aromatic amines is 1. The van der Waals surface area contributed by atoms with E-state index >= 15 is 0 Å². The number of anilines is 3. The first-order chi connectivity index (χ1) is 19.2. The Morgan fingerprint density at radius 1 is 0.950 bits per heavy atom. The molecule has 0 atom stereocenters. The lowest BCUT2D eigenvalue weighted by molar-refractivity contribution is -0.137. The van der Waals surface area contributed by atoms with Gasteiger partial charge in [0.2, 0.25) is 23.7 Å². The number of benzene rings is 3. The largest absolute Gasteiger partial charge is 0.437 e. The quantitative estimate of drug-likeness (QED) is 0.198. The van der Waals surface area contributed by atoms with E-state index < -0.39 is 11.7 Å². The van der Waals surface area contributed by atoms with E-state index in [1.165, 1.54) is 36.5 Å². The number of carbonyl (C=O) groups is 1. The Morgan fingerprint density at radius 3 is 2.50 bits per heavy atom. The third-order valence-electron chi connectivity index (χ3n) is 5.71. The highest BCUT2D eigenvalue weighted by molar-refractivity contribution is 7.22. The minimum absolute atomic E-state index is 0.107. The molecule has 1 amide bonds. The smallest absolute Gasteiger partial charge is 0.416 e. The van der Waals surface area contributed by atoms with E-state index in [1.807, 2.05) is 30.3 Å². The van der Waals surface area contributed by atoms with E-state index in [9.17, 15) is 18.0 Å². The predicted octanol–water partition coefficient (Wildman–Crippen LogP) is 7.14. The molecular weight excluding hydrogens is 543 g/mol. The molecule has 3 heterocycles. The zero-order chi connectivity index (χ0) is 27.9. The van der Waals surface area contributed by atoms with Gasteiger partial charge in [-0.25, -0.2) is 15.0 Å². The van der Waals surface area contributed by atoms with Crippen molar-refractivity contribution in [3.8, 4) is 22.9 Å². The Kier molecular flexibility index (Phi) is 6.27. The van der Waals surface area contributed by atoms with Gasteiger partial charge in [0.15, 0.2) is 10.9 Å². The van der Waals surface area contributed by atoms with Crippen LogP contribution in [0.5, 0.6) is 11.6 Å². The number of alkyl halides is 3. The zero-order valence-corrected chi connectivity index (χ0v) is 21.4. The van der Waals surface area contributed by atoms with Gasteiger partial charge in [0.1, 0.15) is 5.52 Å². The van der Waals surface area contributed by atoms with Gasteiger partial charge >= 0.3 is 6.18 Å². The van der Waals surface area contributed by atoms with Crippen LogP contribution in [0.15, 0.2) is 72.8 Å². The van der Waals surface area contributed by atoms with E-state index in [-0.39, 0.29) is 17.7 Å². The van der Waals surface area contributed by atoms with E-state index in [0.717, 1.165) is 27.9 Å². The van der Waals surface area contributed by atoms with Gasteiger partial charge in [-0.05, 0) is 36.4 Å². The van der Waals surface area contributed by atoms with Crippen LogP contribution in [-0.4, -0.2) is 30.8 Å². The van der Waals surface area contributed by atoms with Gasteiger partial charge in [-0.1, -0.05) is 41.7 Å². The normalized spacial score (nSPS) is 11.6. The number of nitrogens with one attached hydrogen (secondary N) is 3. The Labute approximate surface area is 228 Å². The molecule has 0 saturated carbocycles. The molecule has 13 heteroatoms.